The van der Waals surface area contributed by atoms with Crippen molar-refractivity contribution in [2.75, 3.05) is 5.73 Å². The molecule has 1 aromatic carbocycles. The standard InChI is InChI=1S/C7H6ClNO2S/c8-3-1-4(7(10)11)6(9)5(12)2-3/h1-2,12H,9H2,(H,10,11). The van der Waals surface area contributed by atoms with Gasteiger partial charge in [0.1, 0.15) is 0 Å². The maximum Gasteiger partial charge on any atom is 0.337 e. The monoisotopic (exact) mass is 203 g/mol. The molecule has 0 aliphatic carbocycles. The predicted molar refractivity (Wildman–Crippen MR) is 50.1 cm³/mol. The molecular weight excluding hydrogens is 198 g/mol. The van der Waals surface area contributed by atoms with Crippen molar-refractivity contribution in [3.8, 4) is 0 Å². The van der Waals surface area contributed by atoms with E-state index in [-0.39, 0.29) is 11.3 Å². The zero-order valence-electron chi connectivity index (χ0n) is 5.91. The molecule has 0 fully saturated rings. The third-order valence-corrected chi connectivity index (χ3v) is 1.94. The van der Waals surface area contributed by atoms with Gasteiger partial charge in [-0.15, -0.1) is 12.6 Å². The number of anilines is 1. The van der Waals surface area contributed by atoms with Crippen LogP contribution in [-0.2, 0) is 0 Å². The first-order chi connectivity index (χ1) is 5.52. The summed E-state index contributed by atoms with van der Waals surface area (Å²) in [6.45, 7) is 0. The number of hydrogen-bond acceptors (Lipinski definition) is 3. The molecule has 3 nitrogen and oxygen atoms in total. The van der Waals surface area contributed by atoms with E-state index in [2.05, 4.69) is 12.6 Å². The van der Waals surface area contributed by atoms with Gasteiger partial charge in [-0.3, -0.25) is 0 Å². The molecule has 3 N–H and O–H groups in total. The van der Waals surface area contributed by atoms with Crippen molar-refractivity contribution >= 4 is 35.9 Å². The lowest BCUT2D eigenvalue weighted by molar-refractivity contribution is 0.0698. The summed E-state index contributed by atoms with van der Waals surface area (Å²) in [5, 5.41) is 8.95. The second-order valence-corrected chi connectivity index (χ2v) is 3.11. The molecule has 0 atom stereocenters. The smallest absolute Gasteiger partial charge is 0.337 e. The number of nitrogen functional groups attached to an aromatic ring is 1. The molecule has 0 aliphatic rings. The van der Waals surface area contributed by atoms with Gasteiger partial charge in [0.2, 0.25) is 0 Å². The van der Waals surface area contributed by atoms with Crippen molar-refractivity contribution in [1.82, 2.24) is 0 Å². The van der Waals surface area contributed by atoms with Crippen molar-refractivity contribution in [2.45, 2.75) is 4.90 Å². The van der Waals surface area contributed by atoms with Gasteiger partial charge in [-0.05, 0) is 12.1 Å². The van der Waals surface area contributed by atoms with Crippen LogP contribution in [0.3, 0.4) is 0 Å². The summed E-state index contributed by atoms with van der Waals surface area (Å²) in [6, 6.07) is 2.78. The van der Waals surface area contributed by atoms with E-state index < -0.39 is 5.97 Å². The van der Waals surface area contributed by atoms with E-state index in [1.807, 2.05) is 0 Å². The van der Waals surface area contributed by atoms with Crippen molar-refractivity contribution in [3.63, 3.8) is 0 Å². The van der Waals surface area contributed by atoms with Crippen LogP contribution in [0.5, 0.6) is 0 Å². The lowest BCUT2D eigenvalue weighted by Crippen LogP contribution is -2.02. The number of halogens is 1. The van der Waals surface area contributed by atoms with Gasteiger partial charge in [-0.2, -0.15) is 0 Å². The average Bonchev–Trinajstić information content (AvgIpc) is 1.96. The summed E-state index contributed by atoms with van der Waals surface area (Å²) >= 11 is 9.56. The summed E-state index contributed by atoms with van der Waals surface area (Å²) in [5.74, 6) is -1.11. The summed E-state index contributed by atoms with van der Waals surface area (Å²) in [7, 11) is 0. The molecule has 0 saturated heterocycles. The fraction of sp³-hybridized carbons (Fsp3) is 0. The van der Waals surface area contributed by atoms with Crippen molar-refractivity contribution in [1.29, 1.82) is 0 Å². The van der Waals surface area contributed by atoms with Gasteiger partial charge in [-0.1, -0.05) is 11.6 Å². The Morgan fingerprint density at radius 3 is 2.67 bits per heavy atom. The minimum atomic E-state index is -1.11. The zero-order valence-corrected chi connectivity index (χ0v) is 7.56. The molecule has 0 unspecified atom stereocenters. The molecular formula is C7H6ClNO2S. The van der Waals surface area contributed by atoms with Gasteiger partial charge in [0.15, 0.2) is 0 Å². The van der Waals surface area contributed by atoms with Gasteiger partial charge in [0, 0.05) is 9.92 Å². The van der Waals surface area contributed by atoms with Crippen LogP contribution in [-0.4, -0.2) is 11.1 Å². The first-order valence-electron chi connectivity index (χ1n) is 3.03. The Morgan fingerprint density at radius 2 is 2.17 bits per heavy atom. The SMILES string of the molecule is Nc1c(S)cc(Cl)cc1C(=O)O. The number of carboxylic acid groups (broad SMARTS) is 1. The van der Waals surface area contributed by atoms with Crippen molar-refractivity contribution in [2.24, 2.45) is 0 Å². The minimum Gasteiger partial charge on any atom is -0.478 e. The second-order valence-electron chi connectivity index (χ2n) is 2.19. The molecule has 1 aromatic rings. The molecule has 0 heterocycles. The number of carboxylic acids is 1. The first-order valence-corrected chi connectivity index (χ1v) is 3.86. The van der Waals surface area contributed by atoms with E-state index in [1.54, 1.807) is 0 Å². The Morgan fingerprint density at radius 1 is 1.58 bits per heavy atom. The molecule has 5 heteroatoms. The van der Waals surface area contributed by atoms with Crippen LogP contribution in [0.15, 0.2) is 17.0 Å². The molecule has 12 heavy (non-hydrogen) atoms. The summed E-state index contributed by atoms with van der Waals surface area (Å²) in [6.07, 6.45) is 0. The Balaban J connectivity index is 3.37. The van der Waals surface area contributed by atoms with Crippen LogP contribution >= 0.6 is 24.2 Å². The van der Waals surface area contributed by atoms with E-state index in [9.17, 15) is 4.79 Å². The van der Waals surface area contributed by atoms with Gasteiger partial charge < -0.3 is 10.8 Å². The highest BCUT2D eigenvalue weighted by Gasteiger charge is 2.10. The first kappa shape index (κ1) is 9.22. The number of hydrogen-bond donors (Lipinski definition) is 3. The largest absolute Gasteiger partial charge is 0.478 e. The maximum absolute atomic E-state index is 10.6. The topological polar surface area (TPSA) is 63.3 Å². The second kappa shape index (κ2) is 3.25. The van der Waals surface area contributed by atoms with Crippen LogP contribution in [0.1, 0.15) is 10.4 Å². The predicted octanol–water partition coefficient (Wildman–Crippen LogP) is 1.91. The molecule has 0 aliphatic heterocycles. The van der Waals surface area contributed by atoms with E-state index in [0.717, 1.165) is 0 Å². The molecule has 1 rings (SSSR count). The average molecular weight is 204 g/mol. The van der Waals surface area contributed by atoms with Crippen LogP contribution in [0, 0.1) is 0 Å². The van der Waals surface area contributed by atoms with E-state index in [4.69, 9.17) is 22.4 Å². The quantitative estimate of drug-likeness (QED) is 0.483. The Bertz CT molecular complexity index is 340. The van der Waals surface area contributed by atoms with E-state index >= 15 is 0 Å². The number of benzene rings is 1. The highest BCUT2D eigenvalue weighted by molar-refractivity contribution is 7.80. The fourth-order valence-electron chi connectivity index (χ4n) is 0.781. The van der Waals surface area contributed by atoms with Crippen LogP contribution in [0.4, 0.5) is 5.69 Å². The van der Waals surface area contributed by atoms with Crippen LogP contribution in [0.25, 0.3) is 0 Å². The number of thiol groups is 1. The van der Waals surface area contributed by atoms with Crippen LogP contribution in [0.2, 0.25) is 5.02 Å². The maximum atomic E-state index is 10.6. The summed E-state index contributed by atoms with van der Waals surface area (Å²) < 4.78 is 0. The third kappa shape index (κ3) is 1.65. The number of carbonyl (C=O) groups is 1. The highest BCUT2D eigenvalue weighted by Crippen LogP contribution is 2.25. The zero-order chi connectivity index (χ0) is 9.30. The normalized spacial score (nSPS) is 9.83. The van der Waals surface area contributed by atoms with Gasteiger partial charge >= 0.3 is 5.97 Å². The third-order valence-electron chi connectivity index (χ3n) is 1.35. The van der Waals surface area contributed by atoms with E-state index in [0.29, 0.717) is 9.92 Å². The minimum absolute atomic E-state index is 0.0208. The molecule has 0 radical (unpaired) electrons. The lowest BCUT2D eigenvalue weighted by Gasteiger charge is -2.03. The summed E-state index contributed by atoms with van der Waals surface area (Å²) in [4.78, 5) is 10.9. The highest BCUT2D eigenvalue weighted by atomic mass is 35.5. The Hall–Kier alpha value is -0.870. The number of aromatic carboxylic acids is 1. The van der Waals surface area contributed by atoms with Crippen molar-refractivity contribution in [3.05, 3.63) is 22.7 Å². The molecule has 0 saturated carbocycles. The lowest BCUT2D eigenvalue weighted by atomic mass is 10.2. The van der Waals surface area contributed by atoms with Gasteiger partial charge in [0.25, 0.3) is 0 Å². The fourth-order valence-corrected chi connectivity index (χ4v) is 1.33. The molecule has 0 bridgehead atoms. The van der Waals surface area contributed by atoms with Gasteiger partial charge in [0.05, 0.1) is 11.3 Å². The molecule has 0 spiro atoms. The Kier molecular flexibility index (Phi) is 2.49. The number of rotatable bonds is 1. The van der Waals surface area contributed by atoms with E-state index in [1.165, 1.54) is 12.1 Å². The molecule has 0 aromatic heterocycles. The molecule has 64 valence electrons. The molecule has 0 amide bonds. The van der Waals surface area contributed by atoms with Gasteiger partial charge in [-0.25, -0.2) is 4.79 Å². The number of nitrogens with two attached hydrogens (primary N) is 1. The Labute approximate surface area is 79.6 Å². The van der Waals surface area contributed by atoms with Crippen molar-refractivity contribution < 1.29 is 9.90 Å². The summed E-state index contributed by atoms with van der Waals surface area (Å²) in [5.41, 5.74) is 5.55. The van der Waals surface area contributed by atoms with Crippen LogP contribution < -0.4 is 5.73 Å².